The fourth-order valence-corrected chi connectivity index (χ4v) is 0.109. The molecule has 0 saturated carbocycles. The molecule has 2 heteroatoms. The molecular formula is C4H7ClO. The molecule has 0 aromatic rings. The molecule has 0 N–H and O–H groups in total. The van der Waals surface area contributed by atoms with Crippen LogP contribution in [-0.4, -0.2) is 12.2 Å². The fourth-order valence-electron chi connectivity index (χ4n) is 0.0364. The summed E-state index contributed by atoms with van der Waals surface area (Å²) < 4.78 is 0. The van der Waals surface area contributed by atoms with Crippen LogP contribution in [0.2, 0.25) is 0 Å². The zero-order chi connectivity index (χ0) is 4.99. The van der Waals surface area contributed by atoms with E-state index in [4.69, 9.17) is 11.6 Å². The number of aldehydes is 1. The Morgan fingerprint density at radius 1 is 2.00 bits per heavy atom. The number of carbonyl (C=O) groups excluding carboxylic acids is 1. The Hall–Kier alpha value is -0.0400. The summed E-state index contributed by atoms with van der Waals surface area (Å²) in [5, 5.41) is 0. The zero-order valence-electron chi connectivity index (χ0n) is 3.65. The minimum atomic E-state index is 0.0201. The molecule has 0 fully saturated rings. The SMILES string of the molecule is CC(C=O)CCl. The van der Waals surface area contributed by atoms with Crippen molar-refractivity contribution in [3.8, 4) is 0 Å². The van der Waals surface area contributed by atoms with Crippen LogP contribution < -0.4 is 0 Å². The van der Waals surface area contributed by atoms with Gasteiger partial charge in [-0.15, -0.1) is 11.6 Å². The van der Waals surface area contributed by atoms with E-state index in [0.29, 0.717) is 5.88 Å². The number of alkyl halides is 1. The number of hydrogen-bond acceptors (Lipinski definition) is 1. The normalized spacial score (nSPS) is 13.7. The fraction of sp³-hybridized carbons (Fsp3) is 0.750. The molecule has 36 valence electrons. The van der Waals surface area contributed by atoms with Crippen LogP contribution in [0.4, 0.5) is 0 Å². The second-order valence-corrected chi connectivity index (χ2v) is 1.58. The second kappa shape index (κ2) is 3.16. The molecule has 0 aliphatic carbocycles. The van der Waals surface area contributed by atoms with Gasteiger partial charge in [-0.05, 0) is 0 Å². The third-order valence-electron chi connectivity index (χ3n) is 0.476. The van der Waals surface area contributed by atoms with Crippen molar-refractivity contribution in [2.24, 2.45) is 5.92 Å². The highest BCUT2D eigenvalue weighted by molar-refractivity contribution is 6.18. The molecule has 1 unspecified atom stereocenters. The molecule has 0 rings (SSSR count). The van der Waals surface area contributed by atoms with Crippen molar-refractivity contribution >= 4 is 17.9 Å². The summed E-state index contributed by atoms with van der Waals surface area (Å²) in [6.45, 7) is 1.78. The van der Waals surface area contributed by atoms with Crippen molar-refractivity contribution in [2.75, 3.05) is 5.88 Å². The maximum atomic E-state index is 9.65. The van der Waals surface area contributed by atoms with E-state index in [9.17, 15) is 4.79 Å². The Bertz CT molecular complexity index is 44.8. The Balaban J connectivity index is 2.96. The molecular weight excluding hydrogens is 99.5 g/mol. The lowest BCUT2D eigenvalue weighted by Crippen LogP contribution is -1.94. The smallest absolute Gasteiger partial charge is 0.123 e. The van der Waals surface area contributed by atoms with Gasteiger partial charge in [0.1, 0.15) is 6.29 Å². The summed E-state index contributed by atoms with van der Waals surface area (Å²) in [6.07, 6.45) is 0.840. The second-order valence-electron chi connectivity index (χ2n) is 1.27. The van der Waals surface area contributed by atoms with Crippen LogP contribution in [0.15, 0.2) is 0 Å². The highest BCUT2D eigenvalue weighted by atomic mass is 35.5. The van der Waals surface area contributed by atoms with E-state index in [1.807, 2.05) is 0 Å². The Kier molecular flexibility index (Phi) is 3.14. The lowest BCUT2D eigenvalue weighted by Gasteiger charge is -1.87. The summed E-state index contributed by atoms with van der Waals surface area (Å²) in [5.41, 5.74) is 0. The van der Waals surface area contributed by atoms with E-state index >= 15 is 0 Å². The molecule has 1 nitrogen and oxygen atoms in total. The Morgan fingerprint density at radius 2 is 2.50 bits per heavy atom. The topological polar surface area (TPSA) is 17.1 Å². The standard InChI is InChI=1S/C4H7ClO/c1-4(2-5)3-6/h3-4H,2H2,1H3. The van der Waals surface area contributed by atoms with Gasteiger partial charge in [0.2, 0.25) is 0 Å². The van der Waals surface area contributed by atoms with Gasteiger partial charge in [-0.25, -0.2) is 0 Å². The third-order valence-corrected chi connectivity index (χ3v) is 0.962. The third kappa shape index (κ3) is 2.21. The summed E-state index contributed by atoms with van der Waals surface area (Å²) in [6, 6.07) is 0. The van der Waals surface area contributed by atoms with Crippen molar-refractivity contribution < 1.29 is 4.79 Å². The molecule has 0 saturated heterocycles. The number of carbonyl (C=O) groups is 1. The van der Waals surface area contributed by atoms with Gasteiger partial charge in [-0.2, -0.15) is 0 Å². The maximum absolute atomic E-state index is 9.65. The molecule has 6 heavy (non-hydrogen) atoms. The van der Waals surface area contributed by atoms with E-state index < -0.39 is 0 Å². The van der Waals surface area contributed by atoms with E-state index in [-0.39, 0.29) is 5.92 Å². The van der Waals surface area contributed by atoms with E-state index in [2.05, 4.69) is 0 Å². The number of hydrogen-bond donors (Lipinski definition) is 0. The Morgan fingerprint density at radius 3 is 2.50 bits per heavy atom. The van der Waals surface area contributed by atoms with Crippen LogP contribution in [0.25, 0.3) is 0 Å². The molecule has 1 atom stereocenters. The van der Waals surface area contributed by atoms with Crippen LogP contribution >= 0.6 is 11.6 Å². The van der Waals surface area contributed by atoms with Gasteiger partial charge in [0.15, 0.2) is 0 Å². The first-order chi connectivity index (χ1) is 2.81. The van der Waals surface area contributed by atoms with Crippen molar-refractivity contribution in [3.05, 3.63) is 0 Å². The van der Waals surface area contributed by atoms with Gasteiger partial charge in [0.05, 0.1) is 0 Å². The molecule has 0 aromatic heterocycles. The van der Waals surface area contributed by atoms with Gasteiger partial charge in [-0.1, -0.05) is 6.92 Å². The van der Waals surface area contributed by atoms with Crippen molar-refractivity contribution in [1.29, 1.82) is 0 Å². The highest BCUT2D eigenvalue weighted by Crippen LogP contribution is 1.89. The predicted octanol–water partition coefficient (Wildman–Crippen LogP) is 1.06. The minimum Gasteiger partial charge on any atom is -0.303 e. The molecule has 0 aliphatic heterocycles. The average Bonchev–Trinajstić information content (AvgIpc) is 1.65. The van der Waals surface area contributed by atoms with Crippen molar-refractivity contribution in [1.82, 2.24) is 0 Å². The van der Waals surface area contributed by atoms with Crippen LogP contribution in [0, 0.1) is 5.92 Å². The predicted molar refractivity (Wildman–Crippen MR) is 25.9 cm³/mol. The van der Waals surface area contributed by atoms with Gasteiger partial charge in [0.25, 0.3) is 0 Å². The van der Waals surface area contributed by atoms with Crippen LogP contribution in [0.5, 0.6) is 0 Å². The molecule has 0 amide bonds. The lowest BCUT2D eigenvalue weighted by atomic mass is 10.3. The molecule has 0 aliphatic rings. The van der Waals surface area contributed by atoms with Gasteiger partial charge >= 0.3 is 0 Å². The average molecular weight is 107 g/mol. The largest absolute Gasteiger partial charge is 0.303 e. The quantitative estimate of drug-likeness (QED) is 0.380. The van der Waals surface area contributed by atoms with Gasteiger partial charge in [-0.3, -0.25) is 0 Å². The van der Waals surface area contributed by atoms with Crippen LogP contribution in [0.1, 0.15) is 6.92 Å². The van der Waals surface area contributed by atoms with Crippen LogP contribution in [-0.2, 0) is 4.79 Å². The zero-order valence-corrected chi connectivity index (χ0v) is 4.40. The summed E-state index contributed by atoms with van der Waals surface area (Å²) >= 11 is 5.22. The van der Waals surface area contributed by atoms with Crippen LogP contribution in [0.3, 0.4) is 0 Å². The van der Waals surface area contributed by atoms with E-state index in [1.54, 1.807) is 6.92 Å². The first-order valence-electron chi connectivity index (χ1n) is 1.82. The first kappa shape index (κ1) is 5.96. The van der Waals surface area contributed by atoms with Crippen molar-refractivity contribution in [3.63, 3.8) is 0 Å². The van der Waals surface area contributed by atoms with Gasteiger partial charge < -0.3 is 4.79 Å². The summed E-state index contributed by atoms with van der Waals surface area (Å²) in [5.74, 6) is 0.454. The summed E-state index contributed by atoms with van der Waals surface area (Å²) in [7, 11) is 0. The Labute approximate surface area is 42.3 Å². The molecule has 0 spiro atoms. The minimum absolute atomic E-state index is 0.0201. The first-order valence-corrected chi connectivity index (χ1v) is 2.36. The van der Waals surface area contributed by atoms with E-state index in [0.717, 1.165) is 6.29 Å². The monoisotopic (exact) mass is 106 g/mol. The summed E-state index contributed by atoms with van der Waals surface area (Å²) in [4.78, 5) is 9.65. The molecule has 0 bridgehead atoms. The van der Waals surface area contributed by atoms with E-state index in [1.165, 1.54) is 0 Å². The van der Waals surface area contributed by atoms with Crippen molar-refractivity contribution in [2.45, 2.75) is 6.92 Å². The molecule has 0 heterocycles. The molecule has 0 aromatic carbocycles. The highest BCUT2D eigenvalue weighted by Gasteiger charge is 1.91. The maximum Gasteiger partial charge on any atom is 0.123 e. The van der Waals surface area contributed by atoms with Gasteiger partial charge in [0, 0.05) is 11.8 Å². The lowest BCUT2D eigenvalue weighted by molar-refractivity contribution is -0.110. The molecule has 0 radical (unpaired) electrons. The number of halogens is 1. The number of rotatable bonds is 2.